The molecule has 5 aliphatic carbocycles. The van der Waals surface area contributed by atoms with Crippen molar-refractivity contribution in [1.29, 1.82) is 0 Å². The van der Waals surface area contributed by atoms with Gasteiger partial charge in [-0.25, -0.2) is 4.79 Å². The Labute approximate surface area is 231 Å². The highest BCUT2D eigenvalue weighted by Crippen LogP contribution is 2.75. The number of carbonyl (C=O) groups excluding carboxylic acids is 1. The number of esters is 1. The molecule has 0 aromatic carbocycles. The lowest BCUT2D eigenvalue weighted by Gasteiger charge is -2.71. The minimum absolute atomic E-state index is 0.00880. The van der Waals surface area contributed by atoms with Crippen LogP contribution in [0.2, 0.25) is 0 Å². The van der Waals surface area contributed by atoms with Gasteiger partial charge in [0.2, 0.25) is 0 Å². The smallest absolute Gasteiger partial charge is 0.330 e. The van der Waals surface area contributed by atoms with Crippen molar-refractivity contribution in [3.8, 4) is 0 Å². The normalized spacial score (nSPS) is 49.2. The van der Waals surface area contributed by atoms with Crippen LogP contribution in [0.4, 0.5) is 0 Å². The number of carbonyl (C=O) groups is 1. The highest BCUT2D eigenvalue weighted by Gasteiger charge is 2.69. The van der Waals surface area contributed by atoms with E-state index in [4.69, 9.17) is 4.74 Å². The zero-order valence-corrected chi connectivity index (χ0v) is 25.4. The van der Waals surface area contributed by atoms with E-state index >= 15 is 0 Å². The molecule has 0 unspecified atom stereocenters. The lowest BCUT2D eigenvalue weighted by atomic mass is 9.33. The monoisotopic (exact) mass is 526 g/mol. The van der Waals surface area contributed by atoms with Gasteiger partial charge in [-0.2, -0.15) is 0 Å². The van der Waals surface area contributed by atoms with Gasteiger partial charge in [0.1, 0.15) is 0 Å². The average molecular weight is 527 g/mol. The number of ether oxygens (including phenoxy) is 1. The summed E-state index contributed by atoms with van der Waals surface area (Å²) in [5.74, 6) is 0.675. The van der Waals surface area contributed by atoms with E-state index in [9.17, 15) is 15.0 Å². The molecule has 4 heteroatoms. The SMILES string of the molecule is CCOC(=O)/C=C/[C@]12CCC(C)(C)C[C@H]1[C@H]1[C@H](O)C=C3[C@@]4(C)CC[C@H](O)C(C)(C)[C@@H]4CC[C@@]3(C)[C@]1(C)CC2. The number of fused-ring (bicyclic) bond motifs is 7. The van der Waals surface area contributed by atoms with Gasteiger partial charge in [-0.05, 0) is 115 Å². The number of allylic oxidation sites excluding steroid dienone is 2. The van der Waals surface area contributed by atoms with Gasteiger partial charge in [0.15, 0.2) is 0 Å². The number of aliphatic hydroxyl groups excluding tert-OH is 2. The minimum Gasteiger partial charge on any atom is -0.463 e. The van der Waals surface area contributed by atoms with Gasteiger partial charge >= 0.3 is 5.97 Å². The third-order valence-electron chi connectivity index (χ3n) is 13.5. The molecule has 0 amide bonds. The Morgan fingerprint density at radius 1 is 0.974 bits per heavy atom. The van der Waals surface area contributed by atoms with Crippen LogP contribution in [0.25, 0.3) is 0 Å². The molecule has 214 valence electrons. The lowest BCUT2D eigenvalue weighted by molar-refractivity contribution is -0.187. The zero-order chi connectivity index (χ0) is 27.9. The van der Waals surface area contributed by atoms with Crippen LogP contribution in [0.3, 0.4) is 0 Å². The molecule has 5 rings (SSSR count). The number of hydrogen-bond acceptors (Lipinski definition) is 4. The quantitative estimate of drug-likeness (QED) is 0.231. The van der Waals surface area contributed by atoms with Crippen LogP contribution in [0.1, 0.15) is 113 Å². The van der Waals surface area contributed by atoms with Crippen molar-refractivity contribution in [3.63, 3.8) is 0 Å². The topological polar surface area (TPSA) is 66.8 Å². The molecule has 0 aromatic heterocycles. The Balaban J connectivity index is 1.60. The summed E-state index contributed by atoms with van der Waals surface area (Å²) in [6.07, 6.45) is 15.0. The lowest BCUT2D eigenvalue weighted by Crippen LogP contribution is -2.65. The van der Waals surface area contributed by atoms with Crippen LogP contribution in [0, 0.1) is 50.2 Å². The van der Waals surface area contributed by atoms with E-state index in [1.807, 2.05) is 6.92 Å². The summed E-state index contributed by atoms with van der Waals surface area (Å²) in [4.78, 5) is 12.4. The van der Waals surface area contributed by atoms with E-state index in [1.54, 1.807) is 6.08 Å². The average Bonchev–Trinajstić information content (AvgIpc) is 2.82. The standard InChI is InChI=1S/C34H54O4/c1-9-38-27(37)12-15-34-18-16-29(2,3)21-22(34)28-23(35)20-25-31(6)13-11-26(36)30(4,5)24(31)10-14-32(25,7)33(28,8)17-19-34/h12,15,20,22-24,26,28,35-36H,9-11,13-14,16-19,21H2,1-8H3/b15-12+/t22-,23+,24-,26-,28-,31-,32+,33+,34+/m0/s1. The number of rotatable bonds is 3. The predicted molar refractivity (Wildman–Crippen MR) is 152 cm³/mol. The fraction of sp³-hybridized carbons (Fsp3) is 0.853. The molecule has 38 heavy (non-hydrogen) atoms. The summed E-state index contributed by atoms with van der Waals surface area (Å²) in [6, 6.07) is 0. The van der Waals surface area contributed by atoms with Crippen LogP contribution >= 0.6 is 0 Å². The second-order valence-electron chi connectivity index (χ2n) is 16.0. The fourth-order valence-electron chi connectivity index (χ4n) is 11.0. The van der Waals surface area contributed by atoms with Crippen LogP contribution < -0.4 is 0 Å². The van der Waals surface area contributed by atoms with Crippen molar-refractivity contribution in [2.75, 3.05) is 6.61 Å². The van der Waals surface area contributed by atoms with E-state index in [0.29, 0.717) is 18.4 Å². The second kappa shape index (κ2) is 8.93. The number of aliphatic hydroxyl groups is 2. The summed E-state index contributed by atoms with van der Waals surface area (Å²) < 4.78 is 5.27. The Hall–Kier alpha value is -1.13. The molecule has 0 spiro atoms. The third kappa shape index (κ3) is 3.85. The largest absolute Gasteiger partial charge is 0.463 e. The molecule has 4 nitrogen and oxygen atoms in total. The molecule has 0 heterocycles. The van der Waals surface area contributed by atoms with Crippen molar-refractivity contribution in [3.05, 3.63) is 23.8 Å². The molecule has 2 N–H and O–H groups in total. The maximum atomic E-state index is 12.4. The first-order valence-corrected chi connectivity index (χ1v) is 15.5. The Morgan fingerprint density at radius 3 is 2.34 bits per heavy atom. The van der Waals surface area contributed by atoms with Crippen LogP contribution in [-0.4, -0.2) is 35.0 Å². The van der Waals surface area contributed by atoms with Gasteiger partial charge in [0.05, 0.1) is 18.8 Å². The molecule has 9 atom stereocenters. The predicted octanol–water partition coefficient (Wildman–Crippen LogP) is 7.24. The van der Waals surface area contributed by atoms with Crippen molar-refractivity contribution in [2.45, 2.75) is 125 Å². The fourth-order valence-corrected chi connectivity index (χ4v) is 11.0. The van der Waals surface area contributed by atoms with Crippen LogP contribution in [0.5, 0.6) is 0 Å². The number of hydrogen-bond donors (Lipinski definition) is 2. The molecule has 0 bridgehead atoms. The van der Waals surface area contributed by atoms with Gasteiger partial charge in [0.25, 0.3) is 0 Å². The maximum Gasteiger partial charge on any atom is 0.330 e. The summed E-state index contributed by atoms with van der Waals surface area (Å²) in [5, 5.41) is 23.1. The van der Waals surface area contributed by atoms with Crippen molar-refractivity contribution in [2.24, 2.45) is 50.2 Å². The van der Waals surface area contributed by atoms with Crippen molar-refractivity contribution < 1.29 is 19.7 Å². The van der Waals surface area contributed by atoms with Crippen molar-refractivity contribution >= 4 is 5.97 Å². The summed E-state index contributed by atoms with van der Waals surface area (Å²) in [5.41, 5.74) is 1.55. The van der Waals surface area contributed by atoms with Crippen LogP contribution in [-0.2, 0) is 9.53 Å². The maximum absolute atomic E-state index is 12.4. The molecule has 0 aliphatic heterocycles. The van der Waals surface area contributed by atoms with Crippen molar-refractivity contribution in [1.82, 2.24) is 0 Å². The van der Waals surface area contributed by atoms with Gasteiger partial charge in [-0.15, -0.1) is 0 Å². The molecular formula is C34H54O4. The van der Waals surface area contributed by atoms with E-state index in [-0.39, 0.29) is 50.5 Å². The summed E-state index contributed by atoms with van der Waals surface area (Å²) >= 11 is 0. The van der Waals surface area contributed by atoms with Gasteiger partial charge < -0.3 is 14.9 Å². The Kier molecular flexibility index (Phi) is 6.68. The minimum atomic E-state index is -0.483. The Morgan fingerprint density at radius 2 is 1.66 bits per heavy atom. The summed E-state index contributed by atoms with van der Waals surface area (Å²) in [7, 11) is 0. The first-order chi connectivity index (χ1) is 17.6. The summed E-state index contributed by atoms with van der Waals surface area (Å²) in [6.45, 7) is 19.0. The first kappa shape index (κ1) is 28.4. The van der Waals surface area contributed by atoms with Gasteiger partial charge in [0, 0.05) is 6.08 Å². The molecule has 0 saturated heterocycles. The highest BCUT2D eigenvalue weighted by atomic mass is 16.5. The van der Waals surface area contributed by atoms with E-state index in [0.717, 1.165) is 57.8 Å². The zero-order valence-electron chi connectivity index (χ0n) is 25.4. The van der Waals surface area contributed by atoms with Gasteiger partial charge in [-0.1, -0.05) is 66.2 Å². The van der Waals surface area contributed by atoms with Crippen LogP contribution in [0.15, 0.2) is 23.8 Å². The highest BCUT2D eigenvalue weighted by molar-refractivity contribution is 5.82. The second-order valence-corrected chi connectivity index (χ2v) is 16.0. The molecule has 0 aromatic rings. The Bertz CT molecular complexity index is 1020. The molecule has 4 saturated carbocycles. The first-order valence-electron chi connectivity index (χ1n) is 15.5. The van der Waals surface area contributed by atoms with E-state index in [1.165, 1.54) is 5.57 Å². The molecular weight excluding hydrogens is 472 g/mol. The molecule has 5 aliphatic rings. The van der Waals surface area contributed by atoms with Gasteiger partial charge in [-0.3, -0.25) is 0 Å². The third-order valence-corrected chi connectivity index (χ3v) is 13.5. The van der Waals surface area contributed by atoms with E-state index in [2.05, 4.69) is 60.6 Å². The molecule has 0 radical (unpaired) electrons. The van der Waals surface area contributed by atoms with E-state index < -0.39 is 6.10 Å². The molecule has 4 fully saturated rings.